The minimum atomic E-state index is -4.20. The largest absolute Gasteiger partial charge is 0.355 e. The Labute approximate surface area is 195 Å². The van der Waals surface area contributed by atoms with E-state index in [1.165, 1.54) is 37.2 Å². The van der Waals surface area contributed by atoms with E-state index in [0.717, 1.165) is 25.8 Å². The number of hydrogen-bond acceptors (Lipinski definition) is 4. The molecule has 0 aliphatic rings. The second-order valence-electron chi connectivity index (χ2n) is 7.77. The van der Waals surface area contributed by atoms with Gasteiger partial charge >= 0.3 is 10.2 Å². The smallest absolute Gasteiger partial charge is 0.304 e. The molecule has 2 aromatic carbocycles. The second-order valence-corrected chi connectivity index (χ2v) is 9.83. The van der Waals surface area contributed by atoms with Crippen molar-refractivity contribution in [3.63, 3.8) is 0 Å². The average molecular weight is 479 g/mol. The Morgan fingerprint density at radius 2 is 1.67 bits per heavy atom. The number of anilines is 1. The van der Waals surface area contributed by atoms with E-state index in [4.69, 9.17) is 0 Å². The molecule has 0 bridgehead atoms. The molecule has 0 saturated carbocycles. The Hall–Kier alpha value is -2.98. The average Bonchev–Trinajstić information content (AvgIpc) is 2.76. The Morgan fingerprint density at radius 1 is 1.06 bits per heavy atom. The molecule has 180 valence electrons. The van der Waals surface area contributed by atoms with Crippen LogP contribution in [-0.4, -0.2) is 62.7 Å². The predicted octanol–water partition coefficient (Wildman–Crippen LogP) is 2.30. The van der Waals surface area contributed by atoms with E-state index in [-0.39, 0.29) is 18.1 Å². The van der Waals surface area contributed by atoms with E-state index in [1.807, 2.05) is 31.2 Å². The van der Waals surface area contributed by atoms with Gasteiger partial charge in [-0.25, -0.2) is 8.70 Å². The normalized spacial score (nSPS) is 12.3. The third-order valence-electron chi connectivity index (χ3n) is 5.26. The van der Waals surface area contributed by atoms with Crippen LogP contribution in [-0.2, 0) is 26.3 Å². The molecular weight excluding hydrogens is 447 g/mol. The molecule has 0 spiro atoms. The zero-order valence-electron chi connectivity index (χ0n) is 19.6. The molecule has 0 saturated heterocycles. The number of benzene rings is 2. The first-order valence-electron chi connectivity index (χ1n) is 10.6. The molecule has 1 atom stereocenters. The summed E-state index contributed by atoms with van der Waals surface area (Å²) in [5, 5.41) is 2.69. The first-order chi connectivity index (χ1) is 15.5. The standard InChI is InChI=1S/C23H31FN4O4S/c1-6-25-23(30)18(3)27(15-19-12-8-7-11-17(19)2)22(29)16-28(33(31,32)26(4)5)21-14-10-9-13-20(21)24/h7-14,18H,6,15-16H2,1-5H3,(H,25,30). The van der Waals surface area contributed by atoms with Crippen molar-refractivity contribution in [1.82, 2.24) is 14.5 Å². The number of rotatable bonds is 10. The Bertz CT molecular complexity index is 1090. The minimum Gasteiger partial charge on any atom is -0.355 e. The highest BCUT2D eigenvalue weighted by atomic mass is 32.2. The quantitative estimate of drug-likeness (QED) is 0.568. The SMILES string of the molecule is CCNC(=O)C(C)N(Cc1ccccc1C)C(=O)CN(c1ccccc1F)S(=O)(=O)N(C)C. The van der Waals surface area contributed by atoms with Gasteiger partial charge in [-0.1, -0.05) is 36.4 Å². The van der Waals surface area contributed by atoms with Crippen molar-refractivity contribution in [1.29, 1.82) is 0 Å². The first-order valence-corrected chi connectivity index (χ1v) is 12.0. The highest BCUT2D eigenvalue weighted by Crippen LogP contribution is 2.24. The molecule has 2 aromatic rings. The summed E-state index contributed by atoms with van der Waals surface area (Å²) in [7, 11) is -1.60. The number of hydrogen-bond donors (Lipinski definition) is 1. The number of nitrogens with zero attached hydrogens (tertiary/aromatic N) is 3. The van der Waals surface area contributed by atoms with E-state index >= 15 is 0 Å². The van der Waals surface area contributed by atoms with Crippen molar-refractivity contribution < 1.29 is 22.4 Å². The summed E-state index contributed by atoms with van der Waals surface area (Å²) in [4.78, 5) is 27.4. The third kappa shape index (κ3) is 6.29. The van der Waals surface area contributed by atoms with Crippen LogP contribution >= 0.6 is 0 Å². The summed E-state index contributed by atoms with van der Waals surface area (Å²) in [5.41, 5.74) is 1.49. The molecule has 8 nitrogen and oxygen atoms in total. The van der Waals surface area contributed by atoms with Crippen LogP contribution in [0.4, 0.5) is 10.1 Å². The maximum absolute atomic E-state index is 14.6. The molecule has 0 heterocycles. The summed E-state index contributed by atoms with van der Waals surface area (Å²) < 4.78 is 42.2. The van der Waals surface area contributed by atoms with Gasteiger partial charge in [-0.2, -0.15) is 12.7 Å². The fourth-order valence-electron chi connectivity index (χ4n) is 3.23. The van der Waals surface area contributed by atoms with Crippen molar-refractivity contribution in [2.24, 2.45) is 0 Å². The molecule has 0 fully saturated rings. The van der Waals surface area contributed by atoms with Crippen LogP contribution in [0.5, 0.6) is 0 Å². The maximum Gasteiger partial charge on any atom is 0.304 e. The van der Waals surface area contributed by atoms with Gasteiger partial charge in [-0.15, -0.1) is 0 Å². The van der Waals surface area contributed by atoms with Gasteiger partial charge in [0, 0.05) is 27.2 Å². The summed E-state index contributed by atoms with van der Waals surface area (Å²) >= 11 is 0. The molecule has 10 heteroatoms. The second kappa shape index (κ2) is 11.2. The number of amides is 2. The number of aryl methyl sites for hydroxylation is 1. The van der Waals surface area contributed by atoms with Crippen LogP contribution in [0.2, 0.25) is 0 Å². The highest BCUT2D eigenvalue weighted by molar-refractivity contribution is 7.90. The van der Waals surface area contributed by atoms with Gasteiger partial charge in [0.15, 0.2) is 0 Å². The lowest BCUT2D eigenvalue weighted by Gasteiger charge is -2.33. The number of carbonyl (C=O) groups excluding carboxylic acids is 2. The maximum atomic E-state index is 14.6. The monoisotopic (exact) mass is 478 g/mol. The summed E-state index contributed by atoms with van der Waals surface area (Å²) in [5.74, 6) is -1.78. The van der Waals surface area contributed by atoms with Crippen LogP contribution in [0, 0.1) is 12.7 Å². The van der Waals surface area contributed by atoms with Gasteiger partial charge in [-0.3, -0.25) is 9.59 Å². The summed E-state index contributed by atoms with van der Waals surface area (Å²) in [6.45, 7) is 5.04. The van der Waals surface area contributed by atoms with Crippen LogP contribution < -0.4 is 9.62 Å². The van der Waals surface area contributed by atoms with Gasteiger partial charge in [0.25, 0.3) is 0 Å². The van der Waals surface area contributed by atoms with Crippen LogP contribution in [0.3, 0.4) is 0 Å². The fraction of sp³-hybridized carbons (Fsp3) is 0.391. The lowest BCUT2D eigenvalue weighted by atomic mass is 10.1. The Balaban J connectivity index is 2.48. The molecule has 0 radical (unpaired) electrons. The number of para-hydroxylation sites is 1. The van der Waals surface area contributed by atoms with Crippen molar-refractivity contribution in [2.45, 2.75) is 33.4 Å². The Morgan fingerprint density at radius 3 is 2.24 bits per heavy atom. The van der Waals surface area contributed by atoms with Crippen molar-refractivity contribution in [2.75, 3.05) is 31.5 Å². The highest BCUT2D eigenvalue weighted by Gasteiger charge is 2.33. The van der Waals surface area contributed by atoms with Gasteiger partial charge in [-0.05, 0) is 44.0 Å². The van der Waals surface area contributed by atoms with Gasteiger partial charge in [0.05, 0.1) is 5.69 Å². The lowest BCUT2D eigenvalue weighted by molar-refractivity contribution is -0.139. The van der Waals surface area contributed by atoms with Crippen LogP contribution in [0.1, 0.15) is 25.0 Å². The van der Waals surface area contributed by atoms with Crippen LogP contribution in [0.15, 0.2) is 48.5 Å². The van der Waals surface area contributed by atoms with Gasteiger partial charge in [0.1, 0.15) is 18.4 Å². The van der Waals surface area contributed by atoms with E-state index in [0.29, 0.717) is 6.54 Å². The summed E-state index contributed by atoms with van der Waals surface area (Å²) in [6.07, 6.45) is 0. The van der Waals surface area contributed by atoms with E-state index in [9.17, 15) is 22.4 Å². The zero-order chi connectivity index (χ0) is 24.8. The minimum absolute atomic E-state index is 0.0942. The van der Waals surface area contributed by atoms with Crippen LogP contribution in [0.25, 0.3) is 0 Å². The zero-order valence-corrected chi connectivity index (χ0v) is 20.4. The topological polar surface area (TPSA) is 90.0 Å². The van der Waals surface area contributed by atoms with E-state index < -0.39 is 34.5 Å². The number of nitrogens with one attached hydrogen (secondary N) is 1. The van der Waals surface area contributed by atoms with Gasteiger partial charge in [0.2, 0.25) is 11.8 Å². The molecule has 0 aliphatic carbocycles. The molecule has 2 amide bonds. The molecule has 1 N–H and O–H groups in total. The molecule has 33 heavy (non-hydrogen) atoms. The van der Waals surface area contributed by atoms with Crippen molar-refractivity contribution in [3.8, 4) is 0 Å². The molecule has 1 unspecified atom stereocenters. The van der Waals surface area contributed by atoms with Crippen molar-refractivity contribution >= 4 is 27.7 Å². The Kier molecular flexibility index (Phi) is 8.95. The molecular formula is C23H31FN4O4S. The van der Waals surface area contributed by atoms with E-state index in [2.05, 4.69) is 5.32 Å². The van der Waals surface area contributed by atoms with E-state index in [1.54, 1.807) is 13.8 Å². The number of carbonyl (C=O) groups is 2. The molecule has 2 rings (SSSR count). The first kappa shape index (κ1) is 26.3. The fourth-order valence-corrected chi connectivity index (χ4v) is 4.30. The molecule has 0 aliphatic heterocycles. The number of halogens is 1. The third-order valence-corrected chi connectivity index (χ3v) is 7.07. The lowest BCUT2D eigenvalue weighted by Crippen LogP contribution is -2.52. The summed E-state index contributed by atoms with van der Waals surface area (Å²) in [6, 6.07) is 11.9. The van der Waals surface area contributed by atoms with Crippen molar-refractivity contribution in [3.05, 3.63) is 65.5 Å². The van der Waals surface area contributed by atoms with Gasteiger partial charge < -0.3 is 10.2 Å². The number of likely N-dealkylation sites (N-methyl/N-ethyl adjacent to an activating group) is 1. The molecule has 0 aromatic heterocycles. The predicted molar refractivity (Wildman–Crippen MR) is 126 cm³/mol.